The van der Waals surface area contributed by atoms with Gasteiger partial charge in [-0.15, -0.1) is 0 Å². The Morgan fingerprint density at radius 2 is 2.38 bits per heavy atom. The number of amides is 1. The third-order valence-electron chi connectivity index (χ3n) is 4.82. The zero-order valence-corrected chi connectivity index (χ0v) is 16.0. The van der Waals surface area contributed by atoms with E-state index in [1.165, 1.54) is 11.0 Å². The van der Waals surface area contributed by atoms with E-state index in [2.05, 4.69) is 31.9 Å². The van der Waals surface area contributed by atoms with E-state index in [-0.39, 0.29) is 24.8 Å². The number of hydrogen-bond acceptors (Lipinski definition) is 6. The molecule has 152 valence electrons. The number of rotatable bonds is 6. The average molecular weight is 399 g/mol. The number of nitrogens with one attached hydrogen (secondary N) is 2. The predicted molar refractivity (Wildman–Crippen MR) is 106 cm³/mol. The highest BCUT2D eigenvalue weighted by molar-refractivity contribution is 5.87. The molecule has 10 heteroatoms. The number of likely N-dealkylation sites (tertiary alicyclic amines) is 1. The number of H-pyrrole nitrogens is 1. The molecule has 0 saturated carbocycles. The lowest BCUT2D eigenvalue weighted by Gasteiger charge is -2.34. The second-order valence-electron chi connectivity index (χ2n) is 6.75. The van der Waals surface area contributed by atoms with E-state index in [1.807, 2.05) is 13.1 Å². The maximum absolute atomic E-state index is 14.5. The monoisotopic (exact) mass is 399 g/mol. The summed E-state index contributed by atoms with van der Waals surface area (Å²) < 4.78 is 22.2. The first-order chi connectivity index (χ1) is 14.1. The molecule has 3 aromatic rings. The molecule has 0 spiro atoms. The highest BCUT2D eigenvalue weighted by Crippen LogP contribution is 2.28. The summed E-state index contributed by atoms with van der Waals surface area (Å²) in [6.45, 7) is 6.69. The Labute approximate surface area is 166 Å². The van der Waals surface area contributed by atoms with E-state index in [9.17, 15) is 9.18 Å². The Kier molecular flexibility index (Phi) is 5.15. The van der Waals surface area contributed by atoms with Gasteiger partial charge in [-0.3, -0.25) is 9.48 Å². The molecule has 1 aliphatic rings. The highest BCUT2D eigenvalue weighted by atomic mass is 19.1. The number of alkyl halides is 1. The van der Waals surface area contributed by atoms with E-state index in [0.29, 0.717) is 23.5 Å². The second kappa shape index (κ2) is 7.90. The zero-order valence-electron chi connectivity index (χ0n) is 16.0. The van der Waals surface area contributed by atoms with Crippen molar-refractivity contribution < 1.29 is 13.9 Å². The summed E-state index contributed by atoms with van der Waals surface area (Å²) in [5.41, 5.74) is 1.29. The van der Waals surface area contributed by atoms with Gasteiger partial charge in [0.2, 0.25) is 17.7 Å². The number of halogens is 1. The van der Waals surface area contributed by atoms with Crippen LogP contribution in [-0.2, 0) is 11.3 Å². The number of piperidine rings is 1. The largest absolute Gasteiger partial charge is 0.469 e. The molecule has 0 unspecified atom stereocenters. The number of carbonyl (C=O) groups excluding carboxylic acids is 1. The molecule has 29 heavy (non-hydrogen) atoms. The second-order valence-corrected chi connectivity index (χ2v) is 6.75. The predicted octanol–water partition coefficient (Wildman–Crippen LogP) is 2.42. The van der Waals surface area contributed by atoms with Crippen LogP contribution in [0.5, 0.6) is 5.88 Å². The first kappa shape index (κ1) is 18.9. The molecule has 4 heterocycles. The summed E-state index contributed by atoms with van der Waals surface area (Å²) in [6.07, 6.45) is 4.62. The minimum absolute atomic E-state index is 0.133. The van der Waals surface area contributed by atoms with Gasteiger partial charge in [-0.25, -0.2) is 4.39 Å². The molecule has 2 atom stereocenters. The van der Waals surface area contributed by atoms with Crippen LogP contribution in [0.15, 0.2) is 37.3 Å². The number of fused-ring (bicyclic) bond motifs is 1. The number of aromatic nitrogens is 5. The van der Waals surface area contributed by atoms with Gasteiger partial charge in [0.05, 0.1) is 23.8 Å². The zero-order chi connectivity index (χ0) is 20.4. The van der Waals surface area contributed by atoms with Gasteiger partial charge in [-0.05, 0) is 25.5 Å². The molecule has 4 rings (SSSR count). The molecule has 1 aliphatic heterocycles. The molecule has 1 amide bonds. The van der Waals surface area contributed by atoms with E-state index >= 15 is 0 Å². The highest BCUT2D eigenvalue weighted by Gasteiger charge is 2.33. The average Bonchev–Trinajstić information content (AvgIpc) is 3.38. The van der Waals surface area contributed by atoms with Crippen molar-refractivity contribution in [3.63, 3.8) is 0 Å². The Balaban J connectivity index is 1.59. The molecule has 0 radical (unpaired) electrons. The summed E-state index contributed by atoms with van der Waals surface area (Å²) in [4.78, 5) is 25.3. The molecule has 9 nitrogen and oxygen atoms in total. The lowest BCUT2D eigenvalue weighted by Crippen LogP contribution is -2.49. The minimum Gasteiger partial charge on any atom is -0.469 e. The Morgan fingerprint density at radius 1 is 1.52 bits per heavy atom. The summed E-state index contributed by atoms with van der Waals surface area (Å²) in [7, 11) is 0. The molecule has 1 fully saturated rings. The lowest BCUT2D eigenvalue weighted by molar-refractivity contribution is -0.130. The summed E-state index contributed by atoms with van der Waals surface area (Å²) in [5, 5.41) is 7.93. The van der Waals surface area contributed by atoms with Crippen molar-refractivity contribution in [2.75, 3.05) is 18.4 Å². The van der Waals surface area contributed by atoms with Gasteiger partial charge < -0.3 is 19.9 Å². The number of nitrogens with zero attached hydrogens (tertiary/aromatic N) is 5. The van der Waals surface area contributed by atoms with Crippen molar-refractivity contribution in [3.05, 3.63) is 37.3 Å². The number of hydrogen-bond donors (Lipinski definition) is 2. The molecule has 0 bridgehead atoms. The Bertz CT molecular complexity index is 1030. The number of anilines is 2. The fraction of sp³-hybridized carbons (Fsp3) is 0.368. The van der Waals surface area contributed by atoms with Crippen LogP contribution in [0.2, 0.25) is 0 Å². The normalized spacial score (nSPS) is 19.3. The quantitative estimate of drug-likeness (QED) is 0.618. The lowest BCUT2D eigenvalue weighted by atomic mass is 10.1. The summed E-state index contributed by atoms with van der Waals surface area (Å²) in [5.74, 6) is 0.313. The van der Waals surface area contributed by atoms with Crippen LogP contribution in [0.1, 0.15) is 13.3 Å². The van der Waals surface area contributed by atoms with Gasteiger partial charge in [0.1, 0.15) is 17.9 Å². The standard InChI is InChI=1S/C19H22FN7O2/c1-3-16(28)26-8-6-14(20)15(11-26)29-18-13-5-7-21-17(13)24-19(25-18)23-12-9-22-27(4-2)10-12/h3,5,7,9-10,14-15H,1,4,6,8,11H2,2H3,(H2,21,23,24,25)/t14-,15-/m1/s1. The maximum atomic E-state index is 14.5. The van der Waals surface area contributed by atoms with Crippen LogP contribution in [-0.4, -0.2) is 60.9 Å². The van der Waals surface area contributed by atoms with Crippen LogP contribution in [0.4, 0.5) is 16.0 Å². The number of aromatic amines is 1. The molecule has 0 aromatic carbocycles. The molecule has 0 aliphatic carbocycles. The van der Waals surface area contributed by atoms with Crippen LogP contribution in [0.25, 0.3) is 11.0 Å². The summed E-state index contributed by atoms with van der Waals surface area (Å²) >= 11 is 0. The van der Waals surface area contributed by atoms with E-state index in [1.54, 1.807) is 23.1 Å². The number of carbonyl (C=O) groups is 1. The molecule has 1 saturated heterocycles. The van der Waals surface area contributed by atoms with Gasteiger partial charge in [0, 0.05) is 25.5 Å². The van der Waals surface area contributed by atoms with Crippen LogP contribution < -0.4 is 10.1 Å². The van der Waals surface area contributed by atoms with Gasteiger partial charge in [0.25, 0.3) is 0 Å². The van der Waals surface area contributed by atoms with Crippen molar-refractivity contribution in [1.29, 1.82) is 0 Å². The van der Waals surface area contributed by atoms with Gasteiger partial charge in [0.15, 0.2) is 0 Å². The minimum atomic E-state index is -1.20. The number of ether oxygens (including phenoxy) is 1. The van der Waals surface area contributed by atoms with Crippen LogP contribution in [0, 0.1) is 0 Å². The SMILES string of the molecule is C=CC(=O)N1CC[C@@H](F)[C@H](Oc2nc(Nc3cnn(CC)c3)nc3[nH]ccc23)C1. The molecular weight excluding hydrogens is 377 g/mol. The Hall–Kier alpha value is -3.43. The van der Waals surface area contributed by atoms with Crippen LogP contribution in [0.3, 0.4) is 0 Å². The van der Waals surface area contributed by atoms with Crippen molar-refractivity contribution in [1.82, 2.24) is 29.6 Å². The van der Waals surface area contributed by atoms with Crippen molar-refractivity contribution in [2.24, 2.45) is 0 Å². The van der Waals surface area contributed by atoms with E-state index < -0.39 is 12.3 Å². The molecule has 2 N–H and O–H groups in total. The first-order valence-corrected chi connectivity index (χ1v) is 9.44. The third-order valence-corrected chi connectivity index (χ3v) is 4.82. The maximum Gasteiger partial charge on any atom is 0.246 e. The summed E-state index contributed by atoms with van der Waals surface area (Å²) in [6, 6.07) is 1.77. The fourth-order valence-electron chi connectivity index (χ4n) is 3.26. The molecule has 3 aromatic heterocycles. The molecular formula is C19H22FN7O2. The van der Waals surface area contributed by atoms with E-state index in [4.69, 9.17) is 4.74 Å². The topological polar surface area (TPSA) is 101 Å². The Morgan fingerprint density at radius 3 is 3.14 bits per heavy atom. The van der Waals surface area contributed by atoms with E-state index in [0.717, 1.165) is 12.2 Å². The van der Waals surface area contributed by atoms with Gasteiger partial charge >= 0.3 is 0 Å². The fourth-order valence-corrected chi connectivity index (χ4v) is 3.26. The van der Waals surface area contributed by atoms with Crippen LogP contribution >= 0.6 is 0 Å². The first-order valence-electron chi connectivity index (χ1n) is 9.44. The van der Waals surface area contributed by atoms with Crippen molar-refractivity contribution >= 4 is 28.6 Å². The smallest absolute Gasteiger partial charge is 0.246 e. The van der Waals surface area contributed by atoms with Crippen molar-refractivity contribution in [2.45, 2.75) is 32.2 Å². The van der Waals surface area contributed by atoms with Gasteiger partial charge in [-0.1, -0.05) is 6.58 Å². The number of aryl methyl sites for hydroxylation is 1. The van der Waals surface area contributed by atoms with Crippen molar-refractivity contribution in [3.8, 4) is 5.88 Å². The van der Waals surface area contributed by atoms with Gasteiger partial charge in [-0.2, -0.15) is 15.1 Å². The third kappa shape index (κ3) is 3.91.